The quantitative estimate of drug-likeness (QED) is 0.756. The first kappa shape index (κ1) is 11.9. The average molecular weight is 249 g/mol. The molecule has 0 aromatic heterocycles. The number of nitrogens with zero attached hydrogens (tertiary/aromatic N) is 2. The van der Waals surface area contributed by atoms with Gasteiger partial charge in [-0.1, -0.05) is 11.6 Å². The number of anilines is 1. The summed E-state index contributed by atoms with van der Waals surface area (Å²) in [6, 6.07) is 7.51. The molecule has 0 aliphatic carbocycles. The molecule has 88 valence electrons. The van der Waals surface area contributed by atoms with E-state index >= 15 is 0 Å². The van der Waals surface area contributed by atoms with E-state index in [1.807, 2.05) is 18.2 Å². The summed E-state index contributed by atoms with van der Waals surface area (Å²) in [4.78, 5) is 12.9. The van der Waals surface area contributed by atoms with Crippen molar-refractivity contribution in [1.29, 1.82) is 5.26 Å². The molecule has 0 saturated carbocycles. The largest absolute Gasteiger partial charge is 0.371 e. The normalized spacial score (nSPS) is 16.6. The van der Waals surface area contributed by atoms with Crippen molar-refractivity contribution in [3.63, 3.8) is 0 Å². The highest BCUT2D eigenvalue weighted by Gasteiger charge is 2.19. The van der Waals surface area contributed by atoms with E-state index in [4.69, 9.17) is 16.9 Å². The highest BCUT2D eigenvalue weighted by Crippen LogP contribution is 2.26. The number of benzene rings is 1. The van der Waals surface area contributed by atoms with Gasteiger partial charge >= 0.3 is 0 Å². The summed E-state index contributed by atoms with van der Waals surface area (Å²) in [5.41, 5.74) is 1.52. The van der Waals surface area contributed by atoms with Crippen LogP contribution in [0.25, 0.3) is 0 Å². The van der Waals surface area contributed by atoms with Crippen molar-refractivity contribution < 1.29 is 4.79 Å². The highest BCUT2D eigenvalue weighted by atomic mass is 35.5. The van der Waals surface area contributed by atoms with Gasteiger partial charge in [0.05, 0.1) is 10.6 Å². The van der Waals surface area contributed by atoms with E-state index in [1.165, 1.54) is 0 Å². The summed E-state index contributed by atoms with van der Waals surface area (Å²) in [5, 5.41) is 9.29. The molecular weight excluding hydrogens is 236 g/mol. The van der Waals surface area contributed by atoms with Crippen molar-refractivity contribution in [2.75, 3.05) is 18.0 Å². The summed E-state index contributed by atoms with van der Waals surface area (Å²) in [6.07, 6.45) is 2.82. The number of nitriles is 1. The second-order valence-corrected chi connectivity index (χ2v) is 4.64. The van der Waals surface area contributed by atoms with E-state index in [9.17, 15) is 4.79 Å². The fourth-order valence-corrected chi connectivity index (χ4v) is 2.30. The predicted molar refractivity (Wildman–Crippen MR) is 67.2 cm³/mol. The van der Waals surface area contributed by atoms with Crippen molar-refractivity contribution in [3.8, 4) is 6.07 Å². The Bertz CT molecular complexity index is 459. The SMILES string of the molecule is N#Cc1ccc(N2CCC(C=O)CC2)cc1Cl. The Morgan fingerprint density at radius 2 is 2.12 bits per heavy atom. The van der Waals surface area contributed by atoms with E-state index in [0.29, 0.717) is 10.6 Å². The molecule has 0 bridgehead atoms. The zero-order valence-corrected chi connectivity index (χ0v) is 10.2. The van der Waals surface area contributed by atoms with Crippen LogP contribution in [0.2, 0.25) is 5.02 Å². The smallest absolute Gasteiger partial charge is 0.123 e. The van der Waals surface area contributed by atoms with Crippen LogP contribution in [0, 0.1) is 17.2 Å². The number of aldehydes is 1. The number of rotatable bonds is 2. The predicted octanol–water partition coefficient (Wildman–Crippen LogP) is 2.63. The van der Waals surface area contributed by atoms with Gasteiger partial charge < -0.3 is 9.69 Å². The standard InChI is InChI=1S/C13H13ClN2O/c14-13-7-12(2-1-11(13)8-15)16-5-3-10(9-17)4-6-16/h1-2,7,9-10H,3-6H2. The molecular formula is C13H13ClN2O. The van der Waals surface area contributed by atoms with Crippen molar-refractivity contribution in [1.82, 2.24) is 0 Å². The Morgan fingerprint density at radius 3 is 2.65 bits per heavy atom. The first-order chi connectivity index (χ1) is 8.24. The lowest BCUT2D eigenvalue weighted by Gasteiger charge is -2.31. The van der Waals surface area contributed by atoms with Crippen molar-refractivity contribution in [2.45, 2.75) is 12.8 Å². The maximum atomic E-state index is 10.7. The van der Waals surface area contributed by atoms with E-state index in [2.05, 4.69) is 4.90 Å². The Morgan fingerprint density at radius 1 is 1.41 bits per heavy atom. The van der Waals surface area contributed by atoms with E-state index < -0.39 is 0 Å². The maximum absolute atomic E-state index is 10.7. The Hall–Kier alpha value is -1.53. The van der Waals surface area contributed by atoms with E-state index in [-0.39, 0.29) is 5.92 Å². The third-order valence-electron chi connectivity index (χ3n) is 3.17. The first-order valence-corrected chi connectivity index (χ1v) is 6.02. The van der Waals surface area contributed by atoms with Gasteiger partial charge in [0.15, 0.2) is 0 Å². The maximum Gasteiger partial charge on any atom is 0.123 e. The van der Waals surface area contributed by atoms with Crippen LogP contribution in [-0.4, -0.2) is 19.4 Å². The van der Waals surface area contributed by atoms with Gasteiger partial charge in [-0.25, -0.2) is 0 Å². The summed E-state index contributed by atoms with van der Waals surface area (Å²) in [6.45, 7) is 1.73. The minimum atomic E-state index is 0.195. The number of carbonyl (C=O) groups excluding carboxylic acids is 1. The number of hydrogen-bond acceptors (Lipinski definition) is 3. The van der Waals surface area contributed by atoms with Crippen molar-refractivity contribution >= 4 is 23.6 Å². The number of piperidine rings is 1. The molecule has 1 aromatic rings. The molecule has 17 heavy (non-hydrogen) atoms. The second kappa shape index (κ2) is 5.20. The number of carbonyl (C=O) groups is 1. The van der Waals surface area contributed by atoms with Gasteiger partial charge in [0, 0.05) is 24.7 Å². The second-order valence-electron chi connectivity index (χ2n) is 4.24. The lowest BCUT2D eigenvalue weighted by molar-refractivity contribution is -0.111. The molecule has 1 saturated heterocycles. The molecule has 1 fully saturated rings. The van der Waals surface area contributed by atoms with Crippen LogP contribution in [0.3, 0.4) is 0 Å². The first-order valence-electron chi connectivity index (χ1n) is 5.64. The molecule has 1 heterocycles. The number of halogens is 1. The van der Waals surface area contributed by atoms with Gasteiger partial charge in [0.1, 0.15) is 12.4 Å². The van der Waals surface area contributed by atoms with Gasteiger partial charge in [-0.2, -0.15) is 5.26 Å². The molecule has 1 aliphatic rings. The molecule has 2 rings (SSSR count). The van der Waals surface area contributed by atoms with E-state index in [1.54, 1.807) is 6.07 Å². The molecule has 0 radical (unpaired) electrons. The van der Waals surface area contributed by atoms with Crippen LogP contribution >= 0.6 is 11.6 Å². The third kappa shape index (κ3) is 2.59. The fourth-order valence-electron chi connectivity index (χ4n) is 2.09. The molecule has 0 unspecified atom stereocenters. The number of hydrogen-bond donors (Lipinski definition) is 0. The summed E-state index contributed by atoms with van der Waals surface area (Å²) in [5.74, 6) is 0.195. The molecule has 0 spiro atoms. The van der Waals surface area contributed by atoms with Gasteiger partial charge in [0.25, 0.3) is 0 Å². The van der Waals surface area contributed by atoms with Crippen LogP contribution in [-0.2, 0) is 4.79 Å². The van der Waals surface area contributed by atoms with Crippen LogP contribution < -0.4 is 4.90 Å². The van der Waals surface area contributed by atoms with Crippen LogP contribution in [0.1, 0.15) is 18.4 Å². The Balaban J connectivity index is 2.11. The Labute approximate surface area is 106 Å². The fraction of sp³-hybridized carbons (Fsp3) is 0.385. The monoisotopic (exact) mass is 248 g/mol. The minimum absolute atomic E-state index is 0.195. The van der Waals surface area contributed by atoms with Crippen LogP contribution in [0.4, 0.5) is 5.69 Å². The third-order valence-corrected chi connectivity index (χ3v) is 3.48. The lowest BCUT2D eigenvalue weighted by Crippen LogP contribution is -2.34. The zero-order valence-electron chi connectivity index (χ0n) is 9.40. The molecule has 0 amide bonds. The van der Waals surface area contributed by atoms with Gasteiger partial charge in [-0.15, -0.1) is 0 Å². The molecule has 1 aromatic carbocycles. The van der Waals surface area contributed by atoms with Crippen molar-refractivity contribution in [3.05, 3.63) is 28.8 Å². The summed E-state index contributed by atoms with van der Waals surface area (Å²) in [7, 11) is 0. The van der Waals surface area contributed by atoms with Gasteiger partial charge in [-0.3, -0.25) is 0 Å². The average Bonchev–Trinajstić information content (AvgIpc) is 2.39. The zero-order chi connectivity index (χ0) is 12.3. The molecule has 0 atom stereocenters. The minimum Gasteiger partial charge on any atom is -0.371 e. The molecule has 1 aliphatic heterocycles. The summed E-state index contributed by atoms with van der Waals surface area (Å²) >= 11 is 6.00. The van der Waals surface area contributed by atoms with E-state index in [0.717, 1.165) is 37.9 Å². The van der Waals surface area contributed by atoms with Crippen molar-refractivity contribution in [2.24, 2.45) is 5.92 Å². The van der Waals surface area contributed by atoms with Crippen LogP contribution in [0.5, 0.6) is 0 Å². The molecule has 4 heteroatoms. The molecule has 3 nitrogen and oxygen atoms in total. The summed E-state index contributed by atoms with van der Waals surface area (Å²) < 4.78 is 0. The lowest BCUT2D eigenvalue weighted by atomic mass is 9.98. The topological polar surface area (TPSA) is 44.1 Å². The van der Waals surface area contributed by atoms with Gasteiger partial charge in [0.2, 0.25) is 0 Å². The highest BCUT2D eigenvalue weighted by molar-refractivity contribution is 6.32. The molecule has 0 N–H and O–H groups in total. The Kier molecular flexibility index (Phi) is 3.65. The van der Waals surface area contributed by atoms with Gasteiger partial charge in [-0.05, 0) is 31.0 Å². The van der Waals surface area contributed by atoms with Crippen LogP contribution in [0.15, 0.2) is 18.2 Å².